The average Bonchev–Trinajstić information content (AvgIpc) is 2.44. The number of nitrogens with two attached hydrogens (primary N) is 1. The maximum absolute atomic E-state index is 13.6. The zero-order valence-electron chi connectivity index (χ0n) is 10.5. The summed E-state index contributed by atoms with van der Waals surface area (Å²) in [5.41, 5.74) is 5.60. The summed E-state index contributed by atoms with van der Waals surface area (Å²) in [5, 5.41) is 10.9. The van der Waals surface area contributed by atoms with Crippen molar-refractivity contribution in [3.8, 4) is 6.07 Å². The Balaban J connectivity index is 2.35. The summed E-state index contributed by atoms with van der Waals surface area (Å²) in [7, 11) is 0. The molecular formula is C14H8ClF2N3O. The Morgan fingerprint density at radius 1 is 1.24 bits per heavy atom. The Bertz CT molecular complexity index is 772. The van der Waals surface area contributed by atoms with Crippen LogP contribution in [0.2, 0.25) is 5.02 Å². The Kier molecular flexibility index (Phi) is 4.05. The Morgan fingerprint density at radius 2 is 1.95 bits per heavy atom. The predicted molar refractivity (Wildman–Crippen MR) is 74.9 cm³/mol. The number of anilines is 2. The minimum Gasteiger partial charge on any atom is -0.399 e. The van der Waals surface area contributed by atoms with Gasteiger partial charge in [-0.05, 0) is 30.3 Å². The van der Waals surface area contributed by atoms with Gasteiger partial charge in [-0.3, -0.25) is 4.79 Å². The molecule has 0 fully saturated rings. The van der Waals surface area contributed by atoms with Crippen molar-refractivity contribution in [2.45, 2.75) is 0 Å². The van der Waals surface area contributed by atoms with Gasteiger partial charge in [0.25, 0.3) is 5.91 Å². The lowest BCUT2D eigenvalue weighted by atomic mass is 10.1. The lowest BCUT2D eigenvalue weighted by Crippen LogP contribution is -2.15. The summed E-state index contributed by atoms with van der Waals surface area (Å²) < 4.78 is 26.9. The molecule has 0 saturated heterocycles. The number of halogens is 3. The molecule has 106 valence electrons. The van der Waals surface area contributed by atoms with Crippen molar-refractivity contribution in [1.29, 1.82) is 5.26 Å². The Hall–Kier alpha value is -2.65. The van der Waals surface area contributed by atoms with E-state index in [0.29, 0.717) is 17.8 Å². The summed E-state index contributed by atoms with van der Waals surface area (Å²) >= 11 is 5.41. The van der Waals surface area contributed by atoms with E-state index in [1.165, 1.54) is 18.2 Å². The smallest absolute Gasteiger partial charge is 0.258 e. The molecule has 0 saturated carbocycles. The van der Waals surface area contributed by atoms with Gasteiger partial charge in [0, 0.05) is 5.69 Å². The van der Waals surface area contributed by atoms with E-state index in [2.05, 4.69) is 5.32 Å². The number of hydrogen-bond donors (Lipinski definition) is 2. The van der Waals surface area contributed by atoms with Crippen molar-refractivity contribution in [1.82, 2.24) is 0 Å². The van der Waals surface area contributed by atoms with E-state index in [4.69, 9.17) is 22.6 Å². The van der Waals surface area contributed by atoms with Gasteiger partial charge in [-0.1, -0.05) is 11.6 Å². The van der Waals surface area contributed by atoms with Crippen molar-refractivity contribution in [3.05, 3.63) is 58.1 Å². The Morgan fingerprint density at radius 3 is 2.62 bits per heavy atom. The number of carbonyl (C=O) groups is 1. The number of hydrogen-bond acceptors (Lipinski definition) is 3. The third kappa shape index (κ3) is 3.09. The second kappa shape index (κ2) is 5.77. The molecule has 21 heavy (non-hydrogen) atoms. The number of benzene rings is 2. The summed E-state index contributed by atoms with van der Waals surface area (Å²) in [4.78, 5) is 11.9. The monoisotopic (exact) mass is 307 g/mol. The fourth-order valence-electron chi connectivity index (χ4n) is 1.65. The van der Waals surface area contributed by atoms with Crippen LogP contribution in [-0.4, -0.2) is 5.91 Å². The quantitative estimate of drug-likeness (QED) is 0.660. The zero-order chi connectivity index (χ0) is 15.6. The van der Waals surface area contributed by atoms with E-state index < -0.39 is 28.1 Å². The molecular weight excluding hydrogens is 300 g/mol. The number of nitrogens with one attached hydrogen (secondary N) is 1. The van der Waals surface area contributed by atoms with E-state index in [-0.39, 0.29) is 11.3 Å². The second-order valence-corrected chi connectivity index (χ2v) is 4.52. The molecule has 3 N–H and O–H groups in total. The van der Waals surface area contributed by atoms with Crippen molar-refractivity contribution in [3.63, 3.8) is 0 Å². The number of rotatable bonds is 2. The van der Waals surface area contributed by atoms with Gasteiger partial charge in [0.05, 0.1) is 21.8 Å². The highest BCUT2D eigenvalue weighted by Gasteiger charge is 2.16. The first-order valence-corrected chi connectivity index (χ1v) is 6.05. The van der Waals surface area contributed by atoms with Crippen LogP contribution in [0.3, 0.4) is 0 Å². The van der Waals surface area contributed by atoms with Gasteiger partial charge in [-0.25, -0.2) is 8.78 Å². The van der Waals surface area contributed by atoms with Crippen LogP contribution in [0.5, 0.6) is 0 Å². The van der Waals surface area contributed by atoms with Crippen LogP contribution in [0.4, 0.5) is 20.2 Å². The second-order valence-electron chi connectivity index (χ2n) is 4.12. The highest BCUT2D eigenvalue weighted by molar-refractivity contribution is 6.30. The van der Waals surface area contributed by atoms with Gasteiger partial charge in [0.2, 0.25) is 0 Å². The molecule has 0 atom stereocenters. The van der Waals surface area contributed by atoms with Crippen LogP contribution in [-0.2, 0) is 0 Å². The molecule has 1 amide bonds. The molecule has 0 aliphatic carbocycles. The van der Waals surface area contributed by atoms with E-state index in [9.17, 15) is 13.6 Å². The van der Waals surface area contributed by atoms with E-state index in [0.717, 1.165) is 0 Å². The van der Waals surface area contributed by atoms with E-state index in [1.54, 1.807) is 0 Å². The first-order valence-electron chi connectivity index (χ1n) is 5.68. The van der Waals surface area contributed by atoms with Crippen LogP contribution in [0.15, 0.2) is 30.3 Å². The van der Waals surface area contributed by atoms with Crippen LogP contribution in [0, 0.1) is 23.0 Å². The van der Waals surface area contributed by atoms with Crippen molar-refractivity contribution >= 4 is 28.9 Å². The minimum absolute atomic E-state index is 0.109. The Labute approximate surface area is 123 Å². The SMILES string of the molecule is N#Cc1cc(N)ccc1NC(=O)c1cc(F)c(Cl)cc1F. The van der Waals surface area contributed by atoms with Gasteiger partial charge in [-0.15, -0.1) is 0 Å². The predicted octanol–water partition coefficient (Wildman–Crippen LogP) is 3.32. The topological polar surface area (TPSA) is 78.9 Å². The molecule has 0 heterocycles. The first kappa shape index (κ1) is 14.8. The molecule has 0 unspecified atom stereocenters. The van der Waals surface area contributed by atoms with E-state index >= 15 is 0 Å². The van der Waals surface area contributed by atoms with Gasteiger partial charge in [0.15, 0.2) is 0 Å². The highest BCUT2D eigenvalue weighted by Crippen LogP contribution is 2.22. The number of carbonyl (C=O) groups excluding carboxylic acids is 1. The molecule has 0 aliphatic heterocycles. The summed E-state index contributed by atoms with van der Waals surface area (Å²) in [5.74, 6) is -2.78. The fourth-order valence-corrected chi connectivity index (χ4v) is 1.80. The average molecular weight is 308 g/mol. The van der Waals surface area contributed by atoms with Crippen LogP contribution >= 0.6 is 11.6 Å². The maximum Gasteiger partial charge on any atom is 0.258 e. The van der Waals surface area contributed by atoms with Gasteiger partial charge < -0.3 is 11.1 Å². The minimum atomic E-state index is -0.965. The standard InChI is InChI=1S/C14H8ClF2N3O/c15-10-5-11(16)9(4-12(10)17)14(21)20-13-2-1-8(19)3-7(13)6-18/h1-5H,19H2,(H,20,21). The zero-order valence-corrected chi connectivity index (χ0v) is 11.2. The van der Waals surface area contributed by atoms with Gasteiger partial charge >= 0.3 is 0 Å². The third-order valence-corrected chi connectivity index (χ3v) is 2.96. The summed E-state index contributed by atoms with van der Waals surface area (Å²) in [6.45, 7) is 0. The number of nitrogens with zero attached hydrogens (tertiary/aromatic N) is 1. The summed E-state index contributed by atoms with van der Waals surface area (Å²) in [6.07, 6.45) is 0. The largest absolute Gasteiger partial charge is 0.399 e. The highest BCUT2D eigenvalue weighted by atomic mass is 35.5. The molecule has 0 aliphatic rings. The molecule has 0 aromatic heterocycles. The van der Waals surface area contributed by atoms with Crippen molar-refractivity contribution in [2.24, 2.45) is 0 Å². The molecule has 2 aromatic rings. The number of amides is 1. The van der Waals surface area contributed by atoms with Crippen LogP contribution < -0.4 is 11.1 Å². The molecule has 0 bridgehead atoms. The van der Waals surface area contributed by atoms with Crippen molar-refractivity contribution < 1.29 is 13.6 Å². The molecule has 0 radical (unpaired) electrons. The lowest BCUT2D eigenvalue weighted by molar-refractivity contribution is 0.102. The maximum atomic E-state index is 13.6. The fraction of sp³-hybridized carbons (Fsp3) is 0. The van der Waals surface area contributed by atoms with Crippen LogP contribution in [0.1, 0.15) is 15.9 Å². The molecule has 0 spiro atoms. The molecule has 4 nitrogen and oxygen atoms in total. The van der Waals surface area contributed by atoms with Crippen molar-refractivity contribution in [2.75, 3.05) is 11.1 Å². The normalized spacial score (nSPS) is 10.0. The third-order valence-electron chi connectivity index (χ3n) is 2.67. The van der Waals surface area contributed by atoms with E-state index in [1.807, 2.05) is 6.07 Å². The molecule has 7 heteroatoms. The van der Waals surface area contributed by atoms with Gasteiger partial charge in [0.1, 0.15) is 17.7 Å². The number of nitriles is 1. The van der Waals surface area contributed by atoms with Gasteiger partial charge in [-0.2, -0.15) is 5.26 Å². The first-order chi connectivity index (χ1) is 9.92. The lowest BCUT2D eigenvalue weighted by Gasteiger charge is -2.09. The van der Waals surface area contributed by atoms with Crippen LogP contribution in [0.25, 0.3) is 0 Å². The number of nitrogen functional groups attached to an aromatic ring is 1. The molecule has 2 rings (SSSR count). The molecule has 2 aromatic carbocycles. The summed E-state index contributed by atoms with van der Waals surface area (Å²) in [6, 6.07) is 7.47.